The second-order valence-electron chi connectivity index (χ2n) is 6.80. The van der Waals surface area contributed by atoms with Crippen LogP contribution in [0.1, 0.15) is 42.7 Å². The Bertz CT molecular complexity index is 855. The summed E-state index contributed by atoms with van der Waals surface area (Å²) in [6.45, 7) is 5.26. The normalized spacial score (nSPS) is 13.0. The SMILES string of the molecule is COc1ccccc1C(=O)NC(C(=O)NC(C)c1ccc(F)c(F)c1)C(C)C. The summed E-state index contributed by atoms with van der Waals surface area (Å²) in [5.74, 6) is -2.59. The van der Waals surface area contributed by atoms with Crippen LogP contribution in [0.25, 0.3) is 0 Å². The summed E-state index contributed by atoms with van der Waals surface area (Å²) in [6, 6.07) is 8.78. The minimum atomic E-state index is -0.983. The Morgan fingerprint density at radius 3 is 2.25 bits per heavy atom. The Labute approximate surface area is 163 Å². The van der Waals surface area contributed by atoms with Crippen LogP contribution >= 0.6 is 0 Å². The third kappa shape index (κ3) is 5.06. The third-order valence-electron chi connectivity index (χ3n) is 4.39. The first-order valence-corrected chi connectivity index (χ1v) is 8.93. The van der Waals surface area contributed by atoms with E-state index in [1.807, 2.05) is 0 Å². The second kappa shape index (κ2) is 9.30. The molecule has 0 saturated heterocycles. The number of benzene rings is 2. The van der Waals surface area contributed by atoms with E-state index in [0.717, 1.165) is 12.1 Å². The highest BCUT2D eigenvalue weighted by molar-refractivity contribution is 5.99. The highest BCUT2D eigenvalue weighted by Gasteiger charge is 2.27. The number of nitrogens with one attached hydrogen (secondary N) is 2. The summed E-state index contributed by atoms with van der Waals surface area (Å²) < 4.78 is 31.7. The number of rotatable bonds is 7. The summed E-state index contributed by atoms with van der Waals surface area (Å²) in [5, 5.41) is 5.46. The number of halogens is 2. The molecule has 2 aromatic rings. The van der Waals surface area contributed by atoms with Gasteiger partial charge in [0.05, 0.1) is 18.7 Å². The fraction of sp³-hybridized carbons (Fsp3) is 0.333. The number of hydrogen-bond donors (Lipinski definition) is 2. The Morgan fingerprint density at radius 1 is 0.964 bits per heavy atom. The first kappa shape index (κ1) is 21.3. The number of carbonyl (C=O) groups excluding carboxylic acids is 2. The maximum absolute atomic E-state index is 13.4. The van der Waals surface area contributed by atoms with Gasteiger partial charge in [-0.05, 0) is 42.7 Å². The van der Waals surface area contributed by atoms with Gasteiger partial charge in [0.2, 0.25) is 5.91 Å². The van der Waals surface area contributed by atoms with Crippen molar-refractivity contribution in [3.05, 3.63) is 65.2 Å². The standard InChI is InChI=1S/C21H24F2N2O3/c1-12(2)19(25-20(26)15-7-5-6-8-18(15)28-4)21(27)24-13(3)14-9-10-16(22)17(23)11-14/h5-13,19H,1-4H3,(H,24,27)(H,25,26). The quantitative estimate of drug-likeness (QED) is 0.759. The van der Waals surface area contributed by atoms with Crippen LogP contribution in [0, 0.1) is 17.6 Å². The fourth-order valence-electron chi connectivity index (χ4n) is 2.75. The van der Waals surface area contributed by atoms with Gasteiger partial charge in [-0.1, -0.05) is 32.0 Å². The van der Waals surface area contributed by atoms with E-state index in [1.54, 1.807) is 45.0 Å². The number of carbonyl (C=O) groups is 2. The lowest BCUT2D eigenvalue weighted by atomic mass is 10.0. The Kier molecular flexibility index (Phi) is 7.09. The van der Waals surface area contributed by atoms with Gasteiger partial charge < -0.3 is 15.4 Å². The van der Waals surface area contributed by atoms with E-state index in [2.05, 4.69) is 10.6 Å². The molecule has 0 bridgehead atoms. The molecule has 5 nitrogen and oxygen atoms in total. The van der Waals surface area contributed by atoms with Crippen LogP contribution < -0.4 is 15.4 Å². The Morgan fingerprint density at radius 2 is 1.64 bits per heavy atom. The zero-order valence-corrected chi connectivity index (χ0v) is 16.3. The van der Waals surface area contributed by atoms with E-state index in [0.29, 0.717) is 16.9 Å². The van der Waals surface area contributed by atoms with Crippen molar-refractivity contribution in [2.24, 2.45) is 5.92 Å². The number of para-hydroxylation sites is 1. The lowest BCUT2D eigenvalue weighted by Crippen LogP contribution is -2.50. The van der Waals surface area contributed by atoms with Gasteiger partial charge in [-0.15, -0.1) is 0 Å². The minimum Gasteiger partial charge on any atom is -0.496 e. The average Bonchev–Trinajstić information content (AvgIpc) is 2.67. The molecule has 2 N–H and O–H groups in total. The lowest BCUT2D eigenvalue weighted by Gasteiger charge is -2.24. The van der Waals surface area contributed by atoms with Crippen molar-refractivity contribution < 1.29 is 23.1 Å². The van der Waals surface area contributed by atoms with E-state index in [-0.39, 0.29) is 5.92 Å². The fourth-order valence-corrected chi connectivity index (χ4v) is 2.75. The van der Waals surface area contributed by atoms with Crippen LogP contribution in [0.4, 0.5) is 8.78 Å². The van der Waals surface area contributed by atoms with E-state index in [1.165, 1.54) is 13.2 Å². The van der Waals surface area contributed by atoms with E-state index in [4.69, 9.17) is 4.74 Å². The maximum atomic E-state index is 13.4. The van der Waals surface area contributed by atoms with E-state index >= 15 is 0 Å². The number of amides is 2. The predicted octanol–water partition coefficient (Wildman–Crippen LogP) is 3.61. The maximum Gasteiger partial charge on any atom is 0.255 e. The van der Waals surface area contributed by atoms with Crippen LogP contribution in [-0.4, -0.2) is 25.0 Å². The summed E-state index contributed by atoms with van der Waals surface area (Å²) in [5.41, 5.74) is 0.739. The van der Waals surface area contributed by atoms with Crippen molar-refractivity contribution in [3.63, 3.8) is 0 Å². The molecule has 0 aromatic heterocycles. The molecule has 150 valence electrons. The minimum absolute atomic E-state index is 0.198. The molecule has 0 saturated carbocycles. The van der Waals surface area contributed by atoms with Gasteiger partial charge in [0.15, 0.2) is 11.6 Å². The van der Waals surface area contributed by atoms with Crippen molar-refractivity contribution in [1.29, 1.82) is 0 Å². The molecule has 0 heterocycles. The lowest BCUT2D eigenvalue weighted by molar-refractivity contribution is -0.124. The molecule has 0 radical (unpaired) electrons. The zero-order chi connectivity index (χ0) is 20.8. The topological polar surface area (TPSA) is 67.4 Å². The van der Waals surface area contributed by atoms with Gasteiger partial charge in [0.25, 0.3) is 5.91 Å². The van der Waals surface area contributed by atoms with Crippen LogP contribution in [-0.2, 0) is 4.79 Å². The van der Waals surface area contributed by atoms with Gasteiger partial charge in [0.1, 0.15) is 11.8 Å². The summed E-state index contributed by atoms with van der Waals surface area (Å²) in [6.07, 6.45) is 0. The van der Waals surface area contributed by atoms with Crippen LogP contribution in [0.3, 0.4) is 0 Å². The van der Waals surface area contributed by atoms with Crippen molar-refractivity contribution in [3.8, 4) is 5.75 Å². The van der Waals surface area contributed by atoms with Gasteiger partial charge in [0, 0.05) is 0 Å². The van der Waals surface area contributed by atoms with Crippen LogP contribution in [0.2, 0.25) is 0 Å². The molecule has 2 amide bonds. The van der Waals surface area contributed by atoms with Crippen LogP contribution in [0.15, 0.2) is 42.5 Å². The molecule has 2 aromatic carbocycles. The van der Waals surface area contributed by atoms with Gasteiger partial charge >= 0.3 is 0 Å². The predicted molar refractivity (Wildman–Crippen MR) is 102 cm³/mol. The molecule has 2 unspecified atom stereocenters. The third-order valence-corrected chi connectivity index (χ3v) is 4.39. The molecule has 2 rings (SSSR count). The smallest absolute Gasteiger partial charge is 0.255 e. The number of ether oxygens (including phenoxy) is 1. The Hall–Kier alpha value is -2.96. The largest absolute Gasteiger partial charge is 0.496 e. The summed E-state index contributed by atoms with van der Waals surface area (Å²) in [7, 11) is 1.46. The molecule has 7 heteroatoms. The number of hydrogen-bond acceptors (Lipinski definition) is 3. The molecule has 0 aliphatic rings. The van der Waals surface area contributed by atoms with Crippen molar-refractivity contribution in [1.82, 2.24) is 10.6 Å². The Balaban J connectivity index is 2.13. The van der Waals surface area contributed by atoms with Crippen LogP contribution in [0.5, 0.6) is 5.75 Å². The molecule has 0 fully saturated rings. The monoisotopic (exact) mass is 390 g/mol. The molecule has 28 heavy (non-hydrogen) atoms. The van der Waals surface area contributed by atoms with E-state index < -0.39 is 35.5 Å². The summed E-state index contributed by atoms with van der Waals surface area (Å²) >= 11 is 0. The molecule has 2 atom stereocenters. The molecule has 0 spiro atoms. The van der Waals surface area contributed by atoms with E-state index in [9.17, 15) is 18.4 Å². The first-order valence-electron chi connectivity index (χ1n) is 8.93. The van der Waals surface area contributed by atoms with Gasteiger partial charge in [-0.3, -0.25) is 9.59 Å². The van der Waals surface area contributed by atoms with Gasteiger partial charge in [-0.25, -0.2) is 8.78 Å². The molecule has 0 aliphatic heterocycles. The summed E-state index contributed by atoms with van der Waals surface area (Å²) in [4.78, 5) is 25.3. The van der Waals surface area contributed by atoms with Gasteiger partial charge in [-0.2, -0.15) is 0 Å². The van der Waals surface area contributed by atoms with Crippen molar-refractivity contribution >= 4 is 11.8 Å². The first-order chi connectivity index (χ1) is 13.2. The zero-order valence-electron chi connectivity index (χ0n) is 16.3. The van der Waals surface area contributed by atoms with Crippen molar-refractivity contribution in [2.75, 3.05) is 7.11 Å². The average molecular weight is 390 g/mol. The van der Waals surface area contributed by atoms with Crippen molar-refractivity contribution in [2.45, 2.75) is 32.9 Å². The molecular weight excluding hydrogens is 366 g/mol. The number of methoxy groups -OCH3 is 1. The second-order valence-corrected chi connectivity index (χ2v) is 6.80. The molecule has 0 aliphatic carbocycles. The highest BCUT2D eigenvalue weighted by atomic mass is 19.2. The highest BCUT2D eigenvalue weighted by Crippen LogP contribution is 2.19. The molecular formula is C21H24F2N2O3.